The van der Waals surface area contributed by atoms with Crippen molar-refractivity contribution < 1.29 is 22.7 Å². The summed E-state index contributed by atoms with van der Waals surface area (Å²) in [6.45, 7) is 2.70. The molecule has 0 saturated carbocycles. The van der Waals surface area contributed by atoms with Crippen LogP contribution in [0.2, 0.25) is 5.02 Å². The first kappa shape index (κ1) is 24.9. The molecule has 0 atom stereocenters. The van der Waals surface area contributed by atoms with Crippen LogP contribution >= 0.6 is 23.4 Å². The molecule has 0 spiro atoms. The molecule has 3 rings (SSSR count). The number of carbonyl (C=O) groups excluding carboxylic acids is 1. The Labute approximate surface area is 198 Å². The summed E-state index contributed by atoms with van der Waals surface area (Å²) in [7, 11) is 1.58. The number of ether oxygens (including phenoxy) is 1. The minimum Gasteiger partial charge on any atom is -0.497 e. The standard InChI is InChI=1S/C22H22ClF3N4O2S/c1-3-4-11-30-20(14-5-8-16(32-2)9-6-14)28-29-21(30)33-13-19(31)27-18-10-7-15(23)12-17(18)22(24,25)26/h5-10,12H,3-4,11,13H2,1-2H3,(H,27,31). The Morgan fingerprint density at radius 3 is 2.55 bits per heavy atom. The molecule has 2 aromatic carbocycles. The van der Waals surface area contributed by atoms with Gasteiger partial charge in [0.1, 0.15) is 5.75 Å². The molecule has 0 aliphatic carbocycles. The third-order valence-corrected chi connectivity index (χ3v) is 5.90. The summed E-state index contributed by atoms with van der Waals surface area (Å²) >= 11 is 6.80. The molecule has 0 radical (unpaired) electrons. The summed E-state index contributed by atoms with van der Waals surface area (Å²) in [6, 6.07) is 10.6. The second kappa shape index (κ2) is 10.9. The average molecular weight is 499 g/mol. The Balaban J connectivity index is 1.76. The summed E-state index contributed by atoms with van der Waals surface area (Å²) in [6.07, 6.45) is -2.82. The van der Waals surface area contributed by atoms with Crippen LogP contribution in [0.15, 0.2) is 47.6 Å². The zero-order valence-electron chi connectivity index (χ0n) is 17.9. The van der Waals surface area contributed by atoms with Gasteiger partial charge in [0.25, 0.3) is 0 Å². The third-order valence-electron chi connectivity index (χ3n) is 4.69. The zero-order valence-corrected chi connectivity index (χ0v) is 19.5. The number of methoxy groups -OCH3 is 1. The molecular formula is C22H22ClF3N4O2S. The molecule has 1 heterocycles. The lowest BCUT2D eigenvalue weighted by molar-refractivity contribution is -0.137. The predicted molar refractivity (Wildman–Crippen MR) is 123 cm³/mol. The summed E-state index contributed by atoms with van der Waals surface area (Å²) in [4.78, 5) is 12.4. The lowest BCUT2D eigenvalue weighted by Crippen LogP contribution is -2.18. The SMILES string of the molecule is CCCCn1c(SCC(=O)Nc2ccc(Cl)cc2C(F)(F)F)nnc1-c1ccc(OC)cc1. The van der Waals surface area contributed by atoms with Crippen molar-refractivity contribution in [2.45, 2.75) is 37.6 Å². The number of thioether (sulfide) groups is 1. The maximum Gasteiger partial charge on any atom is 0.418 e. The van der Waals surface area contributed by atoms with Crippen LogP contribution in [0.1, 0.15) is 25.3 Å². The van der Waals surface area contributed by atoms with Crippen LogP contribution in [-0.2, 0) is 17.5 Å². The highest BCUT2D eigenvalue weighted by Crippen LogP contribution is 2.36. The quantitative estimate of drug-likeness (QED) is 0.358. The summed E-state index contributed by atoms with van der Waals surface area (Å²) in [5.41, 5.74) is -0.503. The van der Waals surface area contributed by atoms with Gasteiger partial charge >= 0.3 is 6.18 Å². The number of nitrogens with zero attached hydrogens (tertiary/aromatic N) is 3. The number of rotatable bonds is 9. The maximum atomic E-state index is 13.3. The van der Waals surface area contributed by atoms with Gasteiger partial charge in [-0.3, -0.25) is 4.79 Å². The van der Waals surface area contributed by atoms with E-state index in [1.807, 2.05) is 28.8 Å². The lowest BCUT2D eigenvalue weighted by atomic mass is 10.1. The van der Waals surface area contributed by atoms with E-state index in [1.54, 1.807) is 7.11 Å². The van der Waals surface area contributed by atoms with Crippen LogP contribution in [0.4, 0.5) is 18.9 Å². The van der Waals surface area contributed by atoms with Crippen molar-refractivity contribution in [3.63, 3.8) is 0 Å². The van der Waals surface area contributed by atoms with Gasteiger partial charge in [0.2, 0.25) is 5.91 Å². The molecular weight excluding hydrogens is 477 g/mol. The van der Waals surface area contributed by atoms with Gasteiger partial charge < -0.3 is 14.6 Å². The zero-order chi connectivity index (χ0) is 24.0. The molecule has 0 fully saturated rings. The molecule has 1 amide bonds. The normalized spacial score (nSPS) is 11.5. The fourth-order valence-electron chi connectivity index (χ4n) is 3.04. The summed E-state index contributed by atoms with van der Waals surface area (Å²) < 4.78 is 46.9. The van der Waals surface area contributed by atoms with Gasteiger partial charge in [0.15, 0.2) is 11.0 Å². The topological polar surface area (TPSA) is 69.0 Å². The minimum absolute atomic E-state index is 0.0650. The van der Waals surface area contributed by atoms with Crippen molar-refractivity contribution >= 4 is 35.0 Å². The fraction of sp³-hybridized carbons (Fsp3) is 0.318. The molecule has 1 N–H and O–H groups in total. The van der Waals surface area contributed by atoms with Crippen molar-refractivity contribution in [1.29, 1.82) is 0 Å². The number of hydrogen-bond acceptors (Lipinski definition) is 5. The van der Waals surface area contributed by atoms with E-state index in [4.69, 9.17) is 16.3 Å². The van der Waals surface area contributed by atoms with Crippen LogP contribution < -0.4 is 10.1 Å². The van der Waals surface area contributed by atoms with Crippen molar-refractivity contribution in [1.82, 2.24) is 14.8 Å². The molecule has 176 valence electrons. The largest absolute Gasteiger partial charge is 0.497 e. The van der Waals surface area contributed by atoms with E-state index < -0.39 is 17.6 Å². The fourth-order valence-corrected chi connectivity index (χ4v) is 3.98. The highest BCUT2D eigenvalue weighted by Gasteiger charge is 2.34. The second-order valence-electron chi connectivity index (χ2n) is 7.06. The highest BCUT2D eigenvalue weighted by atomic mass is 35.5. The maximum absolute atomic E-state index is 13.3. The van der Waals surface area contributed by atoms with E-state index in [0.717, 1.165) is 42.3 Å². The molecule has 6 nitrogen and oxygen atoms in total. The number of unbranched alkanes of at least 4 members (excludes halogenated alkanes) is 1. The Kier molecular flexibility index (Phi) is 8.25. The van der Waals surface area contributed by atoms with Gasteiger partial charge in [-0.05, 0) is 48.9 Å². The molecule has 1 aromatic heterocycles. The van der Waals surface area contributed by atoms with Crippen LogP contribution in [-0.4, -0.2) is 33.5 Å². The van der Waals surface area contributed by atoms with E-state index in [1.165, 1.54) is 6.07 Å². The van der Waals surface area contributed by atoms with Gasteiger partial charge in [-0.2, -0.15) is 13.2 Å². The van der Waals surface area contributed by atoms with Crippen molar-refractivity contribution in [3.8, 4) is 17.1 Å². The molecule has 33 heavy (non-hydrogen) atoms. The molecule has 0 unspecified atom stereocenters. The van der Waals surface area contributed by atoms with E-state index in [9.17, 15) is 18.0 Å². The molecule has 0 bridgehead atoms. The first-order chi connectivity index (χ1) is 15.7. The number of benzene rings is 2. The monoisotopic (exact) mass is 498 g/mol. The van der Waals surface area contributed by atoms with E-state index in [0.29, 0.717) is 23.3 Å². The van der Waals surface area contributed by atoms with Gasteiger partial charge in [0, 0.05) is 17.1 Å². The predicted octanol–water partition coefficient (Wildman–Crippen LogP) is 6.16. The molecule has 0 aliphatic heterocycles. The Hall–Kier alpha value is -2.72. The van der Waals surface area contributed by atoms with Crippen LogP contribution in [0, 0.1) is 0 Å². The minimum atomic E-state index is -4.64. The molecule has 3 aromatic rings. The smallest absolute Gasteiger partial charge is 0.418 e. The van der Waals surface area contributed by atoms with Crippen LogP contribution in [0.25, 0.3) is 11.4 Å². The van der Waals surface area contributed by atoms with Gasteiger partial charge in [-0.15, -0.1) is 10.2 Å². The average Bonchev–Trinajstić information content (AvgIpc) is 3.19. The van der Waals surface area contributed by atoms with Gasteiger partial charge in [0.05, 0.1) is 24.1 Å². The molecule has 0 saturated heterocycles. The number of alkyl halides is 3. The number of amides is 1. The lowest BCUT2D eigenvalue weighted by Gasteiger charge is -2.14. The summed E-state index contributed by atoms with van der Waals surface area (Å²) in [5.74, 6) is 0.632. The van der Waals surface area contributed by atoms with Crippen LogP contribution in [0.3, 0.4) is 0 Å². The van der Waals surface area contributed by atoms with Crippen molar-refractivity contribution in [2.75, 3.05) is 18.2 Å². The number of carbonyl (C=O) groups is 1. The first-order valence-corrected chi connectivity index (χ1v) is 11.5. The van der Waals surface area contributed by atoms with Gasteiger partial charge in [-0.25, -0.2) is 0 Å². The molecule has 11 heteroatoms. The van der Waals surface area contributed by atoms with Crippen LogP contribution in [0.5, 0.6) is 5.75 Å². The Morgan fingerprint density at radius 1 is 1.18 bits per heavy atom. The van der Waals surface area contributed by atoms with E-state index >= 15 is 0 Å². The summed E-state index contributed by atoms with van der Waals surface area (Å²) in [5, 5.41) is 11.2. The number of aromatic nitrogens is 3. The third kappa shape index (κ3) is 6.42. The number of anilines is 1. The van der Waals surface area contributed by atoms with Crippen molar-refractivity contribution in [3.05, 3.63) is 53.1 Å². The van der Waals surface area contributed by atoms with Gasteiger partial charge in [-0.1, -0.05) is 36.7 Å². The number of hydrogen-bond donors (Lipinski definition) is 1. The number of halogens is 4. The second-order valence-corrected chi connectivity index (χ2v) is 8.44. The molecule has 0 aliphatic rings. The Bertz CT molecular complexity index is 1100. The highest BCUT2D eigenvalue weighted by molar-refractivity contribution is 7.99. The van der Waals surface area contributed by atoms with E-state index in [2.05, 4.69) is 22.4 Å². The first-order valence-electron chi connectivity index (χ1n) is 10.1. The number of nitrogens with one attached hydrogen (secondary N) is 1. The Morgan fingerprint density at radius 2 is 1.91 bits per heavy atom. The van der Waals surface area contributed by atoms with E-state index in [-0.39, 0.29) is 16.5 Å². The van der Waals surface area contributed by atoms with Crippen molar-refractivity contribution in [2.24, 2.45) is 0 Å².